The molecular weight excluding hydrogens is 307 g/mol. The molecule has 2 heterocycles. The maximum Gasteiger partial charge on any atom is 0.415 e. The minimum Gasteiger partial charge on any atom is -0.366 e. The zero-order valence-electron chi connectivity index (χ0n) is 12.5. The minimum atomic E-state index is -4.32. The maximum absolute atomic E-state index is 12.8. The number of halogens is 3. The van der Waals surface area contributed by atoms with Gasteiger partial charge in [-0.05, 0) is 5.56 Å². The van der Waals surface area contributed by atoms with Crippen LogP contribution in [0.2, 0.25) is 0 Å². The van der Waals surface area contributed by atoms with Gasteiger partial charge in [0.05, 0.1) is 13.2 Å². The van der Waals surface area contributed by atoms with Crippen molar-refractivity contribution in [2.45, 2.75) is 25.4 Å². The van der Waals surface area contributed by atoms with E-state index >= 15 is 0 Å². The first-order valence-corrected chi connectivity index (χ1v) is 7.47. The standard InChI is InChI=1S/C16H18F3N3O/c17-16(18,19)14-11-21(8-9-23-14)12-15-20-6-7-22(15)10-13-4-2-1-3-5-13/h1-7,14H,8-12H2. The molecule has 1 saturated heterocycles. The first-order chi connectivity index (χ1) is 11.0. The smallest absolute Gasteiger partial charge is 0.366 e. The second kappa shape index (κ2) is 6.72. The molecule has 2 aromatic rings. The second-order valence-corrected chi connectivity index (χ2v) is 5.59. The molecule has 1 aliphatic rings. The van der Waals surface area contributed by atoms with Crippen LogP contribution in [0.15, 0.2) is 42.7 Å². The van der Waals surface area contributed by atoms with E-state index in [0.717, 1.165) is 11.4 Å². The van der Waals surface area contributed by atoms with Gasteiger partial charge in [0.25, 0.3) is 0 Å². The molecule has 0 N–H and O–H groups in total. The molecule has 1 atom stereocenters. The summed E-state index contributed by atoms with van der Waals surface area (Å²) in [5.41, 5.74) is 1.13. The van der Waals surface area contributed by atoms with Crippen molar-refractivity contribution >= 4 is 0 Å². The monoisotopic (exact) mass is 325 g/mol. The Labute approximate surface area is 132 Å². The van der Waals surface area contributed by atoms with E-state index in [0.29, 0.717) is 19.6 Å². The summed E-state index contributed by atoms with van der Waals surface area (Å²) in [6.07, 6.45) is -2.50. The third kappa shape index (κ3) is 4.11. The summed E-state index contributed by atoms with van der Waals surface area (Å²) in [6, 6.07) is 9.89. The van der Waals surface area contributed by atoms with Crippen molar-refractivity contribution < 1.29 is 17.9 Å². The Morgan fingerprint density at radius 2 is 1.96 bits per heavy atom. The number of ether oxygens (including phenoxy) is 1. The van der Waals surface area contributed by atoms with Crippen LogP contribution in [-0.4, -0.2) is 46.4 Å². The van der Waals surface area contributed by atoms with Crippen LogP contribution in [0, 0.1) is 0 Å². The van der Waals surface area contributed by atoms with Gasteiger partial charge < -0.3 is 9.30 Å². The van der Waals surface area contributed by atoms with Gasteiger partial charge in [-0.15, -0.1) is 0 Å². The quantitative estimate of drug-likeness (QED) is 0.866. The Balaban J connectivity index is 1.66. The fraction of sp³-hybridized carbons (Fsp3) is 0.438. The van der Waals surface area contributed by atoms with Crippen LogP contribution in [0.4, 0.5) is 13.2 Å². The van der Waals surface area contributed by atoms with E-state index in [2.05, 4.69) is 4.98 Å². The second-order valence-electron chi connectivity index (χ2n) is 5.59. The Bertz CT molecular complexity index is 627. The van der Waals surface area contributed by atoms with Gasteiger partial charge >= 0.3 is 6.18 Å². The predicted octanol–water partition coefficient (Wildman–Crippen LogP) is 2.69. The number of benzene rings is 1. The van der Waals surface area contributed by atoms with Gasteiger partial charge in [-0.2, -0.15) is 13.2 Å². The lowest BCUT2D eigenvalue weighted by Crippen LogP contribution is -2.48. The molecular formula is C16H18F3N3O. The zero-order valence-corrected chi connectivity index (χ0v) is 12.5. The van der Waals surface area contributed by atoms with Gasteiger partial charge in [0.15, 0.2) is 6.10 Å². The highest BCUT2D eigenvalue weighted by atomic mass is 19.4. The van der Waals surface area contributed by atoms with Crippen molar-refractivity contribution in [2.75, 3.05) is 19.7 Å². The number of hydrogen-bond acceptors (Lipinski definition) is 3. The summed E-state index contributed by atoms with van der Waals surface area (Å²) in [7, 11) is 0. The first kappa shape index (κ1) is 16.0. The lowest BCUT2D eigenvalue weighted by Gasteiger charge is -2.33. The normalized spacial score (nSPS) is 19.9. The van der Waals surface area contributed by atoms with Gasteiger partial charge in [-0.3, -0.25) is 4.90 Å². The summed E-state index contributed by atoms with van der Waals surface area (Å²) in [6.45, 7) is 1.45. The average Bonchev–Trinajstić information content (AvgIpc) is 2.95. The highest BCUT2D eigenvalue weighted by Crippen LogP contribution is 2.26. The predicted molar refractivity (Wildman–Crippen MR) is 78.8 cm³/mol. The number of rotatable bonds is 4. The zero-order chi connectivity index (χ0) is 16.3. The third-order valence-corrected chi connectivity index (χ3v) is 3.88. The van der Waals surface area contributed by atoms with Crippen molar-refractivity contribution in [1.29, 1.82) is 0 Å². The molecule has 1 unspecified atom stereocenters. The molecule has 0 spiro atoms. The number of nitrogens with zero attached hydrogens (tertiary/aromatic N) is 3. The van der Waals surface area contributed by atoms with Gasteiger partial charge in [0.2, 0.25) is 0 Å². The lowest BCUT2D eigenvalue weighted by atomic mass is 10.2. The maximum atomic E-state index is 12.8. The number of imidazole rings is 1. The number of morpholine rings is 1. The van der Waals surface area contributed by atoms with Crippen LogP contribution in [-0.2, 0) is 17.8 Å². The molecule has 0 bridgehead atoms. The molecule has 3 rings (SSSR count). The van der Waals surface area contributed by atoms with Crippen molar-refractivity contribution in [3.05, 3.63) is 54.1 Å². The summed E-state index contributed by atoms with van der Waals surface area (Å²) in [5.74, 6) is 0.761. The fourth-order valence-electron chi connectivity index (χ4n) is 2.66. The van der Waals surface area contributed by atoms with E-state index in [1.807, 2.05) is 41.1 Å². The van der Waals surface area contributed by atoms with Crippen LogP contribution in [0.5, 0.6) is 0 Å². The average molecular weight is 325 g/mol. The largest absolute Gasteiger partial charge is 0.415 e. The minimum absolute atomic E-state index is 0.0869. The molecule has 7 heteroatoms. The SMILES string of the molecule is FC(F)(F)C1CN(Cc2nccn2Cc2ccccc2)CCO1. The molecule has 1 aromatic carbocycles. The molecule has 1 aromatic heterocycles. The molecule has 1 aliphatic heterocycles. The molecule has 1 fully saturated rings. The van der Waals surface area contributed by atoms with Gasteiger partial charge in [0, 0.05) is 32.0 Å². The Morgan fingerprint density at radius 3 is 2.70 bits per heavy atom. The van der Waals surface area contributed by atoms with E-state index in [4.69, 9.17) is 4.74 Å². The van der Waals surface area contributed by atoms with E-state index in [1.165, 1.54) is 0 Å². The van der Waals surface area contributed by atoms with Gasteiger partial charge in [-0.25, -0.2) is 4.98 Å². The van der Waals surface area contributed by atoms with E-state index < -0.39 is 12.3 Å². The summed E-state index contributed by atoms with van der Waals surface area (Å²) in [5, 5.41) is 0. The van der Waals surface area contributed by atoms with Crippen molar-refractivity contribution in [3.8, 4) is 0 Å². The molecule has 0 amide bonds. The molecule has 0 radical (unpaired) electrons. The number of hydrogen-bond donors (Lipinski definition) is 0. The van der Waals surface area contributed by atoms with E-state index in [-0.39, 0.29) is 13.2 Å². The molecule has 0 aliphatic carbocycles. The highest BCUT2D eigenvalue weighted by molar-refractivity contribution is 5.15. The number of alkyl halides is 3. The van der Waals surface area contributed by atoms with Crippen molar-refractivity contribution in [3.63, 3.8) is 0 Å². The first-order valence-electron chi connectivity index (χ1n) is 7.47. The van der Waals surface area contributed by atoms with E-state index in [9.17, 15) is 13.2 Å². The van der Waals surface area contributed by atoms with Crippen LogP contribution < -0.4 is 0 Å². The Hall–Kier alpha value is -1.86. The number of aromatic nitrogens is 2. The van der Waals surface area contributed by atoms with Gasteiger partial charge in [0.1, 0.15) is 5.82 Å². The van der Waals surface area contributed by atoms with Crippen LogP contribution in [0.25, 0.3) is 0 Å². The molecule has 23 heavy (non-hydrogen) atoms. The van der Waals surface area contributed by atoms with Crippen molar-refractivity contribution in [2.24, 2.45) is 0 Å². The summed E-state index contributed by atoms with van der Waals surface area (Å²) >= 11 is 0. The van der Waals surface area contributed by atoms with Crippen LogP contribution >= 0.6 is 0 Å². The summed E-state index contributed by atoms with van der Waals surface area (Å²) in [4.78, 5) is 6.03. The highest BCUT2D eigenvalue weighted by Gasteiger charge is 2.43. The van der Waals surface area contributed by atoms with E-state index in [1.54, 1.807) is 11.1 Å². The van der Waals surface area contributed by atoms with Crippen molar-refractivity contribution in [1.82, 2.24) is 14.5 Å². The molecule has 4 nitrogen and oxygen atoms in total. The molecule has 0 saturated carbocycles. The summed E-state index contributed by atoms with van der Waals surface area (Å²) < 4.78 is 45.2. The molecule has 124 valence electrons. The van der Waals surface area contributed by atoms with Crippen LogP contribution in [0.1, 0.15) is 11.4 Å². The Morgan fingerprint density at radius 1 is 1.17 bits per heavy atom. The third-order valence-electron chi connectivity index (χ3n) is 3.88. The van der Waals surface area contributed by atoms with Crippen LogP contribution in [0.3, 0.4) is 0 Å². The lowest BCUT2D eigenvalue weighted by molar-refractivity contribution is -0.237. The fourth-order valence-corrected chi connectivity index (χ4v) is 2.66. The Kier molecular flexibility index (Phi) is 4.68. The topological polar surface area (TPSA) is 30.3 Å². The van der Waals surface area contributed by atoms with Gasteiger partial charge in [-0.1, -0.05) is 30.3 Å².